The van der Waals surface area contributed by atoms with Gasteiger partial charge < -0.3 is 5.73 Å². The number of aryl methyl sites for hydroxylation is 1. The standard InChI is InChI=1S/C15H21NS/c1-9-5-6-14(17-9)15(16)8-10-7-13(15)12-4-2-3-11(10)12/h5-6,10-13H,2-4,7-8,16H2,1H3. The van der Waals surface area contributed by atoms with Crippen molar-refractivity contribution in [1.29, 1.82) is 0 Å². The van der Waals surface area contributed by atoms with Crippen molar-refractivity contribution in [2.24, 2.45) is 29.4 Å². The second-order valence-electron chi connectivity index (χ2n) is 6.52. The van der Waals surface area contributed by atoms with E-state index in [1.165, 1.54) is 41.9 Å². The molecule has 1 heterocycles. The summed E-state index contributed by atoms with van der Waals surface area (Å²) in [6, 6.07) is 4.54. The molecule has 0 amide bonds. The second-order valence-corrected chi connectivity index (χ2v) is 7.80. The van der Waals surface area contributed by atoms with Gasteiger partial charge in [-0.3, -0.25) is 0 Å². The van der Waals surface area contributed by atoms with Crippen molar-refractivity contribution in [2.75, 3.05) is 0 Å². The lowest BCUT2D eigenvalue weighted by Gasteiger charge is -2.39. The van der Waals surface area contributed by atoms with Crippen LogP contribution in [0.3, 0.4) is 0 Å². The molecule has 0 aliphatic heterocycles. The predicted octanol–water partition coefficient (Wildman–Crippen LogP) is 3.67. The van der Waals surface area contributed by atoms with Crippen molar-refractivity contribution in [3.8, 4) is 0 Å². The molecule has 2 heteroatoms. The first-order valence-corrected chi connectivity index (χ1v) is 7.86. The van der Waals surface area contributed by atoms with E-state index in [0.29, 0.717) is 0 Å². The first-order valence-electron chi connectivity index (χ1n) is 7.04. The van der Waals surface area contributed by atoms with Crippen molar-refractivity contribution < 1.29 is 0 Å². The van der Waals surface area contributed by atoms with Gasteiger partial charge in [-0.1, -0.05) is 6.42 Å². The zero-order valence-corrected chi connectivity index (χ0v) is 11.3. The molecule has 5 atom stereocenters. The topological polar surface area (TPSA) is 26.0 Å². The van der Waals surface area contributed by atoms with E-state index in [4.69, 9.17) is 5.73 Å². The third-order valence-electron chi connectivity index (χ3n) is 5.76. The van der Waals surface area contributed by atoms with Crippen LogP contribution >= 0.6 is 11.3 Å². The Balaban J connectivity index is 1.72. The van der Waals surface area contributed by atoms with E-state index in [2.05, 4.69) is 19.1 Å². The number of fused-ring (bicyclic) bond motifs is 5. The zero-order chi connectivity index (χ0) is 11.6. The quantitative estimate of drug-likeness (QED) is 0.805. The molecule has 3 aliphatic rings. The Hall–Kier alpha value is -0.340. The summed E-state index contributed by atoms with van der Waals surface area (Å²) >= 11 is 1.93. The highest BCUT2D eigenvalue weighted by atomic mass is 32.1. The minimum Gasteiger partial charge on any atom is -0.320 e. The highest BCUT2D eigenvalue weighted by molar-refractivity contribution is 7.12. The molecule has 3 saturated carbocycles. The Morgan fingerprint density at radius 1 is 1.29 bits per heavy atom. The van der Waals surface area contributed by atoms with Crippen LogP contribution in [0.2, 0.25) is 0 Å². The van der Waals surface area contributed by atoms with Crippen LogP contribution in [0.1, 0.15) is 41.9 Å². The van der Waals surface area contributed by atoms with Crippen molar-refractivity contribution >= 4 is 11.3 Å². The average molecular weight is 247 g/mol. The van der Waals surface area contributed by atoms with Crippen molar-refractivity contribution in [3.05, 3.63) is 21.9 Å². The fourth-order valence-electron chi connectivity index (χ4n) is 5.16. The molecule has 0 radical (unpaired) electrons. The van der Waals surface area contributed by atoms with Gasteiger partial charge in [0, 0.05) is 9.75 Å². The normalized spacial score (nSPS) is 47.6. The molecule has 2 N–H and O–H groups in total. The molecule has 92 valence electrons. The van der Waals surface area contributed by atoms with Gasteiger partial charge in [0.1, 0.15) is 0 Å². The molecule has 0 saturated heterocycles. The molecular weight excluding hydrogens is 226 g/mol. The van der Waals surface area contributed by atoms with E-state index in [0.717, 1.165) is 23.7 Å². The van der Waals surface area contributed by atoms with Crippen molar-refractivity contribution in [2.45, 2.75) is 44.6 Å². The summed E-state index contributed by atoms with van der Waals surface area (Å²) in [6.45, 7) is 2.20. The van der Waals surface area contributed by atoms with Crippen LogP contribution < -0.4 is 5.73 Å². The molecular formula is C15H21NS. The third kappa shape index (κ3) is 1.29. The highest BCUT2D eigenvalue weighted by Crippen LogP contribution is 2.64. The van der Waals surface area contributed by atoms with Gasteiger partial charge in [-0.25, -0.2) is 0 Å². The Bertz CT molecular complexity index is 452. The van der Waals surface area contributed by atoms with E-state index in [1.54, 1.807) is 0 Å². The maximum absolute atomic E-state index is 6.85. The summed E-state index contributed by atoms with van der Waals surface area (Å²) in [6.07, 6.45) is 7.09. The Kier molecular flexibility index (Phi) is 2.09. The highest BCUT2D eigenvalue weighted by Gasteiger charge is 2.60. The van der Waals surface area contributed by atoms with Gasteiger partial charge in [0.2, 0.25) is 0 Å². The van der Waals surface area contributed by atoms with Gasteiger partial charge in [-0.15, -0.1) is 11.3 Å². The molecule has 3 aliphatic carbocycles. The van der Waals surface area contributed by atoms with Gasteiger partial charge in [-0.05, 0) is 68.4 Å². The van der Waals surface area contributed by atoms with Gasteiger partial charge in [-0.2, -0.15) is 0 Å². The largest absolute Gasteiger partial charge is 0.320 e. The summed E-state index contributed by atoms with van der Waals surface area (Å²) in [4.78, 5) is 2.88. The zero-order valence-electron chi connectivity index (χ0n) is 10.5. The Labute approximate surface area is 107 Å². The summed E-state index contributed by atoms with van der Waals surface area (Å²) in [5.41, 5.74) is 6.88. The SMILES string of the molecule is Cc1ccc(C2(N)CC3CC2C2CCCC32)s1. The van der Waals surface area contributed by atoms with Crippen molar-refractivity contribution in [1.82, 2.24) is 0 Å². The number of thiophene rings is 1. The van der Waals surface area contributed by atoms with E-state index in [9.17, 15) is 0 Å². The Morgan fingerprint density at radius 2 is 2.12 bits per heavy atom. The molecule has 1 aromatic rings. The first kappa shape index (κ1) is 10.6. The molecule has 0 aromatic carbocycles. The summed E-state index contributed by atoms with van der Waals surface area (Å²) in [5, 5.41) is 0. The minimum absolute atomic E-state index is 0.0368. The van der Waals surface area contributed by atoms with Crippen LogP contribution in [0, 0.1) is 30.6 Å². The molecule has 1 nitrogen and oxygen atoms in total. The average Bonchev–Trinajstić information content (AvgIpc) is 2.95. The van der Waals surface area contributed by atoms with Crippen LogP contribution in [0.4, 0.5) is 0 Å². The number of nitrogens with two attached hydrogens (primary N) is 1. The van der Waals surface area contributed by atoms with Crippen LogP contribution in [-0.4, -0.2) is 0 Å². The smallest absolute Gasteiger partial charge is 0.0538 e. The first-order chi connectivity index (χ1) is 8.18. The van der Waals surface area contributed by atoms with E-state index >= 15 is 0 Å². The lowest BCUT2D eigenvalue weighted by molar-refractivity contribution is 0.159. The van der Waals surface area contributed by atoms with Crippen LogP contribution in [-0.2, 0) is 5.54 Å². The van der Waals surface area contributed by atoms with Gasteiger partial charge in [0.25, 0.3) is 0 Å². The number of rotatable bonds is 1. The molecule has 0 spiro atoms. The monoisotopic (exact) mass is 247 g/mol. The van der Waals surface area contributed by atoms with E-state index in [1.807, 2.05) is 11.3 Å². The molecule has 3 fully saturated rings. The Morgan fingerprint density at radius 3 is 2.88 bits per heavy atom. The van der Waals surface area contributed by atoms with Gasteiger partial charge in [0.15, 0.2) is 0 Å². The van der Waals surface area contributed by atoms with Gasteiger partial charge in [0.05, 0.1) is 5.54 Å². The van der Waals surface area contributed by atoms with Crippen LogP contribution in [0.5, 0.6) is 0 Å². The van der Waals surface area contributed by atoms with Crippen LogP contribution in [0.25, 0.3) is 0 Å². The lowest BCUT2D eigenvalue weighted by Crippen LogP contribution is -2.45. The number of hydrogen-bond acceptors (Lipinski definition) is 2. The van der Waals surface area contributed by atoms with Crippen LogP contribution in [0.15, 0.2) is 12.1 Å². The lowest BCUT2D eigenvalue weighted by atomic mass is 9.71. The molecule has 17 heavy (non-hydrogen) atoms. The fraction of sp³-hybridized carbons (Fsp3) is 0.733. The van der Waals surface area contributed by atoms with E-state index < -0.39 is 0 Å². The fourth-order valence-corrected chi connectivity index (χ4v) is 6.20. The van der Waals surface area contributed by atoms with E-state index in [-0.39, 0.29) is 5.54 Å². The maximum Gasteiger partial charge on any atom is 0.0538 e. The number of hydrogen-bond donors (Lipinski definition) is 1. The summed E-state index contributed by atoms with van der Waals surface area (Å²) in [5.74, 6) is 3.73. The molecule has 2 bridgehead atoms. The summed E-state index contributed by atoms with van der Waals surface area (Å²) < 4.78 is 0. The second kappa shape index (κ2) is 3.36. The minimum atomic E-state index is 0.0368. The predicted molar refractivity (Wildman–Crippen MR) is 72.0 cm³/mol. The molecule has 1 aromatic heterocycles. The van der Waals surface area contributed by atoms with Gasteiger partial charge >= 0.3 is 0 Å². The van der Waals surface area contributed by atoms with Crippen molar-refractivity contribution in [3.63, 3.8) is 0 Å². The third-order valence-corrected chi connectivity index (χ3v) is 6.96. The molecule has 4 rings (SSSR count). The molecule has 5 unspecified atom stereocenters. The maximum atomic E-state index is 6.85. The summed E-state index contributed by atoms with van der Waals surface area (Å²) in [7, 11) is 0.